The molecule has 0 aliphatic carbocycles. The zero-order valence-electron chi connectivity index (χ0n) is 14.1. The summed E-state index contributed by atoms with van der Waals surface area (Å²) < 4.78 is 17.1. The van der Waals surface area contributed by atoms with Gasteiger partial charge in [0.25, 0.3) is 5.91 Å². The summed E-state index contributed by atoms with van der Waals surface area (Å²) in [4.78, 5) is 16.8. The molecule has 0 saturated heterocycles. The predicted molar refractivity (Wildman–Crippen MR) is 97.9 cm³/mol. The minimum absolute atomic E-state index is 0.281. The Morgan fingerprint density at radius 2 is 1.88 bits per heavy atom. The molecular formula is C18H18N2O4S. The molecule has 1 amide bonds. The zero-order valence-corrected chi connectivity index (χ0v) is 14.9. The Balaban J connectivity index is 1.71. The number of rotatable bonds is 6. The van der Waals surface area contributed by atoms with E-state index in [0.29, 0.717) is 16.6 Å². The fourth-order valence-corrected chi connectivity index (χ4v) is 3.15. The summed E-state index contributed by atoms with van der Waals surface area (Å²) in [6, 6.07) is 12.8. The fourth-order valence-electron chi connectivity index (χ4n) is 2.25. The van der Waals surface area contributed by atoms with E-state index in [4.69, 9.17) is 14.2 Å². The maximum Gasteiger partial charge on any atom is 0.266 e. The number of nitrogens with one attached hydrogen (secondary N) is 1. The molecule has 130 valence electrons. The summed E-state index contributed by atoms with van der Waals surface area (Å²) in [5, 5.41) is 3.31. The Hall–Kier alpha value is -2.80. The van der Waals surface area contributed by atoms with E-state index in [2.05, 4.69) is 10.3 Å². The van der Waals surface area contributed by atoms with Gasteiger partial charge in [0.1, 0.15) is 5.75 Å². The molecule has 0 aliphatic rings. The molecular weight excluding hydrogens is 340 g/mol. The lowest BCUT2D eigenvalue weighted by Gasteiger charge is -2.15. The molecule has 6 nitrogen and oxygen atoms in total. The Morgan fingerprint density at radius 3 is 2.60 bits per heavy atom. The molecule has 1 atom stereocenters. The van der Waals surface area contributed by atoms with Crippen molar-refractivity contribution in [1.82, 2.24) is 4.98 Å². The summed E-state index contributed by atoms with van der Waals surface area (Å²) in [5.41, 5.74) is 0.805. The molecule has 1 aromatic heterocycles. The highest BCUT2D eigenvalue weighted by Crippen LogP contribution is 2.30. The fraction of sp³-hybridized carbons (Fsp3) is 0.222. The molecule has 3 rings (SSSR count). The Morgan fingerprint density at radius 1 is 1.12 bits per heavy atom. The minimum atomic E-state index is -0.696. The van der Waals surface area contributed by atoms with Gasteiger partial charge in [-0.1, -0.05) is 23.5 Å². The smallest absolute Gasteiger partial charge is 0.266 e. The molecule has 0 bridgehead atoms. The lowest BCUT2D eigenvalue weighted by atomic mass is 10.3. The lowest BCUT2D eigenvalue weighted by Crippen LogP contribution is -2.30. The normalized spacial score (nSPS) is 11.8. The van der Waals surface area contributed by atoms with Crippen LogP contribution in [0.25, 0.3) is 10.2 Å². The van der Waals surface area contributed by atoms with Crippen molar-refractivity contribution in [3.05, 3.63) is 42.5 Å². The summed E-state index contributed by atoms with van der Waals surface area (Å²) in [6.45, 7) is 1.68. The van der Waals surface area contributed by atoms with Crippen molar-refractivity contribution in [2.75, 3.05) is 19.5 Å². The molecule has 7 heteroatoms. The maximum atomic E-state index is 12.4. The quantitative estimate of drug-likeness (QED) is 0.727. The average molecular weight is 358 g/mol. The van der Waals surface area contributed by atoms with E-state index in [1.54, 1.807) is 33.3 Å². The summed E-state index contributed by atoms with van der Waals surface area (Å²) in [5.74, 6) is 1.56. The van der Waals surface area contributed by atoms with Crippen molar-refractivity contribution in [3.63, 3.8) is 0 Å². The molecule has 1 heterocycles. The van der Waals surface area contributed by atoms with Gasteiger partial charge in [-0.15, -0.1) is 0 Å². The number of ether oxygens (including phenoxy) is 3. The van der Waals surface area contributed by atoms with Crippen molar-refractivity contribution in [1.29, 1.82) is 0 Å². The third-order valence-electron chi connectivity index (χ3n) is 3.57. The number of amides is 1. The Bertz CT molecular complexity index is 894. The molecule has 2 aromatic carbocycles. The molecule has 0 spiro atoms. The highest BCUT2D eigenvalue weighted by atomic mass is 32.1. The van der Waals surface area contributed by atoms with Crippen LogP contribution in [0.15, 0.2) is 42.5 Å². The third kappa shape index (κ3) is 3.83. The average Bonchev–Trinajstić information content (AvgIpc) is 3.03. The van der Waals surface area contributed by atoms with Crippen LogP contribution in [0.3, 0.4) is 0 Å². The second-order valence-corrected chi connectivity index (χ2v) is 6.28. The maximum absolute atomic E-state index is 12.4. The van der Waals surface area contributed by atoms with Crippen LogP contribution < -0.4 is 19.5 Å². The number of hydrogen-bond donors (Lipinski definition) is 1. The number of fused-ring (bicyclic) bond motifs is 1. The van der Waals surface area contributed by atoms with E-state index in [1.165, 1.54) is 11.3 Å². The van der Waals surface area contributed by atoms with Gasteiger partial charge >= 0.3 is 0 Å². The van der Waals surface area contributed by atoms with Crippen LogP contribution in [0.5, 0.6) is 17.2 Å². The first-order valence-electron chi connectivity index (χ1n) is 7.66. The summed E-state index contributed by atoms with van der Waals surface area (Å²) in [6.07, 6.45) is -0.696. The van der Waals surface area contributed by atoms with Crippen LogP contribution in [-0.4, -0.2) is 31.2 Å². The van der Waals surface area contributed by atoms with E-state index < -0.39 is 6.10 Å². The summed E-state index contributed by atoms with van der Waals surface area (Å²) in [7, 11) is 3.17. The van der Waals surface area contributed by atoms with E-state index in [1.807, 2.05) is 30.3 Å². The van der Waals surface area contributed by atoms with Gasteiger partial charge in [0.05, 0.1) is 24.4 Å². The second kappa shape index (κ2) is 7.40. The van der Waals surface area contributed by atoms with Crippen molar-refractivity contribution >= 4 is 32.6 Å². The Labute approximate surface area is 149 Å². The number of benzene rings is 2. The van der Waals surface area contributed by atoms with Gasteiger partial charge < -0.3 is 14.2 Å². The van der Waals surface area contributed by atoms with Gasteiger partial charge in [0.2, 0.25) is 0 Å². The first-order valence-corrected chi connectivity index (χ1v) is 8.47. The van der Waals surface area contributed by atoms with Crippen molar-refractivity contribution in [2.45, 2.75) is 13.0 Å². The molecule has 0 unspecified atom stereocenters. The highest BCUT2D eigenvalue weighted by molar-refractivity contribution is 7.22. The predicted octanol–water partition coefficient (Wildman–Crippen LogP) is 3.72. The van der Waals surface area contributed by atoms with Crippen molar-refractivity contribution < 1.29 is 19.0 Å². The molecule has 0 fully saturated rings. The number of methoxy groups -OCH3 is 2. The third-order valence-corrected chi connectivity index (χ3v) is 4.50. The minimum Gasteiger partial charge on any atom is -0.497 e. The number of thiazole rings is 1. The number of anilines is 1. The SMILES string of the molecule is COc1ccc2nc(NC(=O)[C@@H](C)Oc3ccccc3OC)sc2c1. The van der Waals surface area contributed by atoms with Crippen LogP contribution in [0.2, 0.25) is 0 Å². The summed E-state index contributed by atoms with van der Waals surface area (Å²) >= 11 is 1.38. The zero-order chi connectivity index (χ0) is 17.8. The van der Waals surface area contributed by atoms with Crippen LogP contribution in [0, 0.1) is 0 Å². The first kappa shape index (κ1) is 17.0. The van der Waals surface area contributed by atoms with Crippen LogP contribution in [0.4, 0.5) is 5.13 Å². The van der Waals surface area contributed by atoms with E-state index >= 15 is 0 Å². The number of para-hydroxylation sites is 2. The van der Waals surface area contributed by atoms with E-state index in [0.717, 1.165) is 16.0 Å². The lowest BCUT2D eigenvalue weighted by molar-refractivity contribution is -0.122. The van der Waals surface area contributed by atoms with Gasteiger partial charge in [-0.25, -0.2) is 4.98 Å². The first-order chi connectivity index (χ1) is 12.1. The molecule has 1 N–H and O–H groups in total. The molecule has 3 aromatic rings. The van der Waals surface area contributed by atoms with Crippen molar-refractivity contribution in [3.8, 4) is 17.2 Å². The van der Waals surface area contributed by atoms with Gasteiger partial charge in [-0.3, -0.25) is 10.1 Å². The van der Waals surface area contributed by atoms with E-state index in [-0.39, 0.29) is 5.91 Å². The number of aromatic nitrogens is 1. The topological polar surface area (TPSA) is 69.7 Å². The standard InChI is InChI=1S/C18H18N2O4S/c1-11(24-15-7-5-4-6-14(15)23-3)17(21)20-18-19-13-9-8-12(22-2)10-16(13)25-18/h4-11H,1-3H3,(H,19,20,21)/t11-/m1/s1. The number of nitrogens with zero attached hydrogens (tertiary/aromatic N) is 1. The van der Waals surface area contributed by atoms with E-state index in [9.17, 15) is 4.79 Å². The van der Waals surface area contributed by atoms with Crippen LogP contribution in [-0.2, 0) is 4.79 Å². The van der Waals surface area contributed by atoms with Crippen LogP contribution in [0.1, 0.15) is 6.92 Å². The number of carbonyl (C=O) groups is 1. The Kier molecular flexibility index (Phi) is 5.04. The second-order valence-electron chi connectivity index (χ2n) is 5.25. The largest absolute Gasteiger partial charge is 0.497 e. The molecule has 25 heavy (non-hydrogen) atoms. The molecule has 0 aliphatic heterocycles. The molecule has 0 radical (unpaired) electrons. The van der Waals surface area contributed by atoms with Gasteiger partial charge in [-0.2, -0.15) is 0 Å². The van der Waals surface area contributed by atoms with Crippen LogP contribution >= 0.6 is 11.3 Å². The highest BCUT2D eigenvalue weighted by Gasteiger charge is 2.18. The monoisotopic (exact) mass is 358 g/mol. The number of carbonyl (C=O) groups excluding carboxylic acids is 1. The van der Waals surface area contributed by atoms with Gasteiger partial charge in [0.15, 0.2) is 22.7 Å². The van der Waals surface area contributed by atoms with Crippen molar-refractivity contribution in [2.24, 2.45) is 0 Å². The van der Waals surface area contributed by atoms with Gasteiger partial charge in [0, 0.05) is 0 Å². The number of hydrogen-bond acceptors (Lipinski definition) is 6. The molecule has 0 saturated carbocycles. The van der Waals surface area contributed by atoms with Gasteiger partial charge in [-0.05, 0) is 37.3 Å².